The normalized spacial score (nSPS) is 10.6. The quantitative estimate of drug-likeness (QED) is 0.763. The topological polar surface area (TPSA) is 65.5 Å². The van der Waals surface area contributed by atoms with Crippen LogP contribution in [0.25, 0.3) is 0 Å². The molecule has 28 heavy (non-hydrogen) atoms. The van der Waals surface area contributed by atoms with Gasteiger partial charge in [0.2, 0.25) is 5.91 Å². The zero-order chi connectivity index (χ0) is 20.5. The first-order chi connectivity index (χ1) is 13.4. The zero-order valence-corrected chi connectivity index (χ0v) is 17.2. The third-order valence-corrected chi connectivity index (χ3v) is 4.66. The molecule has 0 bridgehead atoms. The van der Waals surface area contributed by atoms with Crippen LogP contribution >= 0.6 is 0 Å². The van der Waals surface area contributed by atoms with Crippen molar-refractivity contribution in [1.82, 2.24) is 20.1 Å². The van der Waals surface area contributed by atoms with Gasteiger partial charge in [-0.15, -0.1) is 0 Å². The van der Waals surface area contributed by atoms with Crippen molar-refractivity contribution in [2.45, 2.75) is 32.7 Å². The lowest BCUT2D eigenvalue weighted by molar-refractivity contribution is -0.128. The molecular formula is C22H30N4O2. The highest BCUT2D eigenvalue weighted by Crippen LogP contribution is 2.15. The van der Waals surface area contributed by atoms with Gasteiger partial charge in [0.1, 0.15) is 0 Å². The second kappa shape index (κ2) is 10.4. The predicted molar refractivity (Wildman–Crippen MR) is 111 cm³/mol. The summed E-state index contributed by atoms with van der Waals surface area (Å²) in [7, 11) is 3.46. The first kappa shape index (κ1) is 21.4. The fraction of sp³-hybridized carbons (Fsp3) is 0.409. The summed E-state index contributed by atoms with van der Waals surface area (Å²) in [5, 5.41) is 2.69. The Labute approximate surface area is 167 Å². The standard InChI is InChI=1S/C22H30N4O2/c1-17(2)19-10-8-18(9-11-19)16-26(4)22(28)24-15-21(27)25(3)14-12-20-7-5-6-13-23-20/h5-11,13,17H,12,14-16H2,1-4H3,(H,24,28). The van der Waals surface area contributed by atoms with Crippen molar-refractivity contribution in [3.8, 4) is 0 Å². The van der Waals surface area contributed by atoms with E-state index >= 15 is 0 Å². The number of benzene rings is 1. The van der Waals surface area contributed by atoms with Crippen LogP contribution < -0.4 is 5.32 Å². The van der Waals surface area contributed by atoms with E-state index in [1.807, 2.05) is 30.3 Å². The summed E-state index contributed by atoms with van der Waals surface area (Å²) in [5.41, 5.74) is 3.27. The molecule has 0 atom stereocenters. The van der Waals surface area contributed by atoms with Gasteiger partial charge in [0, 0.05) is 45.5 Å². The lowest BCUT2D eigenvalue weighted by Gasteiger charge is -2.21. The minimum absolute atomic E-state index is 0.0197. The van der Waals surface area contributed by atoms with E-state index in [4.69, 9.17) is 0 Å². The van der Waals surface area contributed by atoms with E-state index in [0.29, 0.717) is 25.4 Å². The first-order valence-corrected chi connectivity index (χ1v) is 9.58. The molecule has 2 rings (SSSR count). The van der Waals surface area contributed by atoms with Crippen molar-refractivity contribution in [3.63, 3.8) is 0 Å². The Morgan fingerprint density at radius 1 is 1.04 bits per heavy atom. The largest absolute Gasteiger partial charge is 0.344 e. The highest BCUT2D eigenvalue weighted by Gasteiger charge is 2.13. The van der Waals surface area contributed by atoms with Gasteiger partial charge in [-0.1, -0.05) is 44.2 Å². The predicted octanol–water partition coefficient (Wildman–Crippen LogP) is 3.05. The summed E-state index contributed by atoms with van der Waals surface area (Å²) in [6.45, 7) is 5.34. The van der Waals surface area contributed by atoms with Gasteiger partial charge in [0.05, 0.1) is 6.54 Å². The summed E-state index contributed by atoms with van der Waals surface area (Å²) in [5.74, 6) is 0.356. The molecule has 1 aromatic carbocycles. The number of hydrogen-bond donors (Lipinski definition) is 1. The van der Waals surface area contributed by atoms with E-state index in [0.717, 1.165) is 11.3 Å². The lowest BCUT2D eigenvalue weighted by Crippen LogP contribution is -2.43. The van der Waals surface area contributed by atoms with E-state index in [-0.39, 0.29) is 18.5 Å². The summed E-state index contributed by atoms with van der Waals surface area (Å²) >= 11 is 0. The molecule has 6 heteroatoms. The van der Waals surface area contributed by atoms with Crippen molar-refractivity contribution in [1.29, 1.82) is 0 Å². The highest BCUT2D eigenvalue weighted by molar-refractivity contribution is 5.83. The molecular weight excluding hydrogens is 352 g/mol. The van der Waals surface area contributed by atoms with Crippen LogP contribution in [0, 0.1) is 0 Å². The van der Waals surface area contributed by atoms with Gasteiger partial charge in [-0.2, -0.15) is 0 Å². The van der Waals surface area contributed by atoms with Crippen LogP contribution in [0.2, 0.25) is 0 Å². The number of aromatic nitrogens is 1. The third kappa shape index (κ3) is 6.68. The minimum Gasteiger partial charge on any atom is -0.344 e. The Morgan fingerprint density at radius 3 is 2.36 bits per heavy atom. The average Bonchev–Trinajstić information content (AvgIpc) is 2.71. The molecule has 2 aromatic rings. The fourth-order valence-electron chi connectivity index (χ4n) is 2.73. The Bertz CT molecular complexity index is 760. The molecule has 0 saturated carbocycles. The van der Waals surface area contributed by atoms with Crippen molar-refractivity contribution in [2.75, 3.05) is 27.2 Å². The fourth-order valence-corrected chi connectivity index (χ4v) is 2.73. The molecule has 1 N–H and O–H groups in total. The highest BCUT2D eigenvalue weighted by atomic mass is 16.2. The van der Waals surface area contributed by atoms with Crippen LogP contribution in [0.1, 0.15) is 36.6 Å². The summed E-state index contributed by atoms with van der Waals surface area (Å²) in [4.78, 5) is 31.9. The molecule has 0 radical (unpaired) electrons. The Hall–Kier alpha value is -2.89. The number of carbonyl (C=O) groups is 2. The van der Waals surface area contributed by atoms with E-state index < -0.39 is 0 Å². The Kier molecular flexibility index (Phi) is 7.99. The van der Waals surface area contributed by atoms with Gasteiger partial charge in [-0.25, -0.2) is 4.79 Å². The van der Waals surface area contributed by atoms with Gasteiger partial charge in [0.15, 0.2) is 0 Å². The second-order valence-corrected chi connectivity index (χ2v) is 7.30. The second-order valence-electron chi connectivity index (χ2n) is 7.30. The summed E-state index contributed by atoms with van der Waals surface area (Å²) in [6.07, 6.45) is 2.42. The van der Waals surface area contributed by atoms with Gasteiger partial charge in [-0.05, 0) is 29.2 Å². The van der Waals surface area contributed by atoms with Gasteiger partial charge in [0.25, 0.3) is 0 Å². The maximum Gasteiger partial charge on any atom is 0.317 e. The molecule has 0 aliphatic carbocycles. The summed E-state index contributed by atoms with van der Waals surface area (Å²) < 4.78 is 0. The maximum absolute atomic E-state index is 12.3. The number of rotatable bonds is 8. The van der Waals surface area contributed by atoms with E-state index in [2.05, 4.69) is 36.3 Å². The van der Waals surface area contributed by atoms with Crippen molar-refractivity contribution in [3.05, 3.63) is 65.5 Å². The maximum atomic E-state index is 12.3. The van der Waals surface area contributed by atoms with Gasteiger partial charge >= 0.3 is 6.03 Å². The Morgan fingerprint density at radius 2 is 1.75 bits per heavy atom. The summed E-state index contributed by atoms with van der Waals surface area (Å²) in [6, 6.07) is 13.7. The van der Waals surface area contributed by atoms with E-state index in [9.17, 15) is 9.59 Å². The smallest absolute Gasteiger partial charge is 0.317 e. The van der Waals surface area contributed by atoms with Gasteiger partial charge < -0.3 is 15.1 Å². The average molecular weight is 383 g/mol. The number of nitrogens with zero attached hydrogens (tertiary/aromatic N) is 3. The Balaban J connectivity index is 1.74. The molecule has 150 valence electrons. The SMILES string of the molecule is CC(C)c1ccc(CN(C)C(=O)NCC(=O)N(C)CCc2ccccn2)cc1. The van der Waals surface area contributed by atoms with Crippen LogP contribution in [-0.4, -0.2) is 53.9 Å². The van der Waals surface area contributed by atoms with Crippen molar-refractivity contribution in [2.24, 2.45) is 0 Å². The molecule has 0 fully saturated rings. The third-order valence-electron chi connectivity index (χ3n) is 4.66. The van der Waals surface area contributed by atoms with Crippen LogP contribution in [-0.2, 0) is 17.8 Å². The van der Waals surface area contributed by atoms with Crippen LogP contribution in [0.15, 0.2) is 48.7 Å². The molecule has 0 unspecified atom stereocenters. The number of nitrogens with one attached hydrogen (secondary N) is 1. The number of hydrogen-bond acceptors (Lipinski definition) is 3. The first-order valence-electron chi connectivity index (χ1n) is 9.58. The molecule has 3 amide bonds. The number of urea groups is 1. The molecule has 0 saturated heterocycles. The molecule has 0 aliphatic heterocycles. The lowest BCUT2D eigenvalue weighted by atomic mass is 10.0. The monoisotopic (exact) mass is 382 g/mol. The number of amides is 3. The zero-order valence-electron chi connectivity index (χ0n) is 17.2. The molecule has 1 heterocycles. The number of carbonyl (C=O) groups excluding carboxylic acids is 2. The number of likely N-dealkylation sites (N-methyl/N-ethyl adjacent to an activating group) is 1. The van der Waals surface area contributed by atoms with Crippen molar-refractivity contribution < 1.29 is 9.59 Å². The van der Waals surface area contributed by atoms with E-state index in [1.54, 1.807) is 30.1 Å². The van der Waals surface area contributed by atoms with E-state index in [1.165, 1.54) is 5.56 Å². The number of pyridine rings is 1. The van der Waals surface area contributed by atoms with Gasteiger partial charge in [-0.3, -0.25) is 9.78 Å². The molecule has 0 aliphatic rings. The molecule has 0 spiro atoms. The van der Waals surface area contributed by atoms with Crippen LogP contribution in [0.5, 0.6) is 0 Å². The molecule has 6 nitrogen and oxygen atoms in total. The van der Waals surface area contributed by atoms with Crippen molar-refractivity contribution >= 4 is 11.9 Å². The minimum atomic E-state index is -0.264. The van der Waals surface area contributed by atoms with Crippen LogP contribution in [0.3, 0.4) is 0 Å². The molecule has 1 aromatic heterocycles. The van der Waals surface area contributed by atoms with Crippen LogP contribution in [0.4, 0.5) is 4.79 Å².